The Balaban J connectivity index is 0.713. The van der Waals surface area contributed by atoms with Crippen LogP contribution in [0.25, 0.3) is 0 Å². The molecule has 1 aromatic heterocycles. The van der Waals surface area contributed by atoms with Crippen LogP contribution in [0.2, 0.25) is 5.02 Å². The van der Waals surface area contributed by atoms with Crippen LogP contribution in [0.4, 0.5) is 23.0 Å². The second kappa shape index (κ2) is 22.5. The van der Waals surface area contributed by atoms with Gasteiger partial charge in [-0.15, -0.1) is 0 Å². The van der Waals surface area contributed by atoms with Crippen LogP contribution in [0.5, 0.6) is 0 Å². The Kier molecular flexibility index (Phi) is 16.5. The number of carbonyl (C=O) groups excluding carboxylic acids is 6. The largest absolute Gasteiger partial charge is 0.384 e. The smallest absolute Gasteiger partial charge is 0.264 e. The minimum Gasteiger partial charge on any atom is -0.384 e. The van der Waals surface area contributed by atoms with Gasteiger partial charge in [0.05, 0.1) is 40.7 Å². The van der Waals surface area contributed by atoms with Gasteiger partial charge in [-0.25, -0.2) is 9.97 Å². The number of hydrogen-bond donors (Lipinski definition) is 6. The number of ether oxygens (including phenoxy) is 1. The highest BCUT2D eigenvalue weighted by Gasteiger charge is 2.48. The van der Waals surface area contributed by atoms with Gasteiger partial charge < -0.3 is 37.1 Å². The maximum absolute atomic E-state index is 13.3. The van der Waals surface area contributed by atoms with E-state index in [1.54, 1.807) is 36.5 Å². The van der Waals surface area contributed by atoms with E-state index in [4.69, 9.17) is 27.8 Å². The number of nitrogen functional groups attached to an aromatic ring is 1. The summed E-state index contributed by atoms with van der Waals surface area (Å²) < 4.78 is 5.85. The number of fused-ring (bicyclic) bond motifs is 1. The lowest BCUT2D eigenvalue weighted by Gasteiger charge is -2.41. The molecule has 4 aliphatic rings. The van der Waals surface area contributed by atoms with E-state index >= 15 is 0 Å². The Hall–Kier alpha value is -5.30. The van der Waals surface area contributed by atoms with Gasteiger partial charge in [0.25, 0.3) is 11.8 Å². The standard InChI is InChI=1S/C47H61ClN10O7S/c1-29-41(49)47(28-65-29)21-25-57(26-22-47)35-27-53-44(42(50)55-35)66-34-16-12-15-32(40(34)48)54-37(60)20-19-36(59)52-24-10-8-6-4-2-3-5-7-9-23-51-31-14-11-13-30-39(31)46(64)58(45(30)63)33-17-18-38(61)56-43(33)62/h11-16,27,29,33,41,51H,2-10,17-26,28,49H2,1H3,(H2,50,55)(H,52,59)(H,54,60)(H,56,61,62)/t29-,33?,41+/m0/s1. The number of nitrogens with zero attached hydrogens (tertiary/aromatic N) is 4. The highest BCUT2D eigenvalue weighted by atomic mass is 35.5. The molecule has 66 heavy (non-hydrogen) atoms. The molecule has 7 rings (SSSR count). The topological polar surface area (TPSA) is 244 Å². The first-order valence-electron chi connectivity index (χ1n) is 23.2. The van der Waals surface area contributed by atoms with Gasteiger partial charge in [-0.3, -0.25) is 39.0 Å². The Labute approximate surface area is 394 Å². The monoisotopic (exact) mass is 944 g/mol. The molecule has 1 spiro atoms. The SMILES string of the molecule is C[C@@H]1OCC2(CCN(c3cnc(Sc4cccc(NC(=O)CCC(=O)NCCCCCCCCCCCNc5cccc6c5C(=O)N(C5CCC(=O)NC5=O)C6=O)c4Cl)c(N)n3)CC2)[C@@H]1N. The lowest BCUT2D eigenvalue weighted by Crippen LogP contribution is -2.54. The quantitative estimate of drug-likeness (QED) is 0.0526. The Morgan fingerprint density at radius 2 is 1.58 bits per heavy atom. The van der Waals surface area contributed by atoms with E-state index < -0.39 is 29.7 Å². The number of carbonyl (C=O) groups is 6. The zero-order valence-electron chi connectivity index (χ0n) is 37.5. The third-order valence-corrected chi connectivity index (χ3v) is 14.8. The van der Waals surface area contributed by atoms with Crippen molar-refractivity contribution in [3.8, 4) is 0 Å². The Morgan fingerprint density at radius 3 is 2.26 bits per heavy atom. The summed E-state index contributed by atoms with van der Waals surface area (Å²) >= 11 is 7.99. The predicted octanol–water partition coefficient (Wildman–Crippen LogP) is 6.06. The van der Waals surface area contributed by atoms with Crippen LogP contribution in [0.1, 0.15) is 124 Å². The van der Waals surface area contributed by atoms with Crippen molar-refractivity contribution in [2.24, 2.45) is 11.1 Å². The molecular formula is C47H61ClN10O7S. The molecule has 2 aromatic carbocycles. The fourth-order valence-corrected chi connectivity index (χ4v) is 10.3. The molecule has 0 aliphatic carbocycles. The number of benzene rings is 2. The third-order valence-electron chi connectivity index (χ3n) is 13.2. The first-order valence-corrected chi connectivity index (χ1v) is 24.4. The van der Waals surface area contributed by atoms with Crippen molar-refractivity contribution in [2.45, 2.75) is 131 Å². The first-order chi connectivity index (χ1) is 31.8. The van der Waals surface area contributed by atoms with E-state index in [0.29, 0.717) is 51.8 Å². The summed E-state index contributed by atoms with van der Waals surface area (Å²) in [4.78, 5) is 88.7. The van der Waals surface area contributed by atoms with Gasteiger partial charge in [-0.2, -0.15) is 0 Å². The van der Waals surface area contributed by atoms with Crippen molar-refractivity contribution < 1.29 is 33.5 Å². The van der Waals surface area contributed by atoms with Crippen LogP contribution in [-0.2, 0) is 23.9 Å². The molecule has 3 aromatic rings. The van der Waals surface area contributed by atoms with Crippen molar-refractivity contribution in [1.82, 2.24) is 25.5 Å². The molecular weight excluding hydrogens is 884 g/mol. The normalized spacial score (nSPS) is 20.1. The van der Waals surface area contributed by atoms with Crippen molar-refractivity contribution >= 4 is 81.8 Å². The zero-order chi connectivity index (χ0) is 46.8. The summed E-state index contributed by atoms with van der Waals surface area (Å²) in [6.45, 7) is 5.52. The maximum Gasteiger partial charge on any atom is 0.264 e. The van der Waals surface area contributed by atoms with Gasteiger partial charge in [0, 0.05) is 67.5 Å². The minimum atomic E-state index is -0.990. The number of piperidine rings is 2. The second-order valence-electron chi connectivity index (χ2n) is 17.7. The number of nitrogens with two attached hydrogens (primary N) is 2. The average Bonchev–Trinajstić information content (AvgIpc) is 3.72. The summed E-state index contributed by atoms with van der Waals surface area (Å²) in [5, 5.41) is 12.1. The molecule has 6 amide bonds. The zero-order valence-corrected chi connectivity index (χ0v) is 39.1. The molecule has 3 fully saturated rings. The summed E-state index contributed by atoms with van der Waals surface area (Å²) in [5.74, 6) is -1.54. The molecule has 0 bridgehead atoms. The van der Waals surface area contributed by atoms with Crippen molar-refractivity contribution in [2.75, 3.05) is 54.1 Å². The van der Waals surface area contributed by atoms with E-state index in [1.807, 2.05) is 13.0 Å². The van der Waals surface area contributed by atoms with Crippen molar-refractivity contribution in [3.63, 3.8) is 0 Å². The van der Waals surface area contributed by atoms with Gasteiger partial charge in [-0.1, -0.05) is 80.4 Å². The number of imide groups is 2. The van der Waals surface area contributed by atoms with Crippen LogP contribution in [-0.4, -0.2) is 101 Å². The Bertz CT molecular complexity index is 2290. The molecule has 3 saturated heterocycles. The van der Waals surface area contributed by atoms with E-state index in [-0.39, 0.29) is 72.0 Å². The van der Waals surface area contributed by atoms with Gasteiger partial charge >= 0.3 is 0 Å². The average molecular weight is 946 g/mol. The number of nitrogens with one attached hydrogen (secondary N) is 4. The fraction of sp³-hybridized carbons (Fsp3) is 0.532. The van der Waals surface area contributed by atoms with E-state index in [0.717, 1.165) is 88.6 Å². The van der Waals surface area contributed by atoms with Gasteiger partial charge in [0.15, 0.2) is 5.82 Å². The summed E-state index contributed by atoms with van der Waals surface area (Å²) in [6, 6.07) is 9.44. The van der Waals surface area contributed by atoms with Crippen LogP contribution in [0.3, 0.4) is 0 Å². The van der Waals surface area contributed by atoms with Crippen molar-refractivity contribution in [3.05, 3.63) is 58.7 Å². The number of rotatable bonds is 21. The van der Waals surface area contributed by atoms with E-state index in [2.05, 4.69) is 36.1 Å². The first kappa shape index (κ1) is 48.6. The van der Waals surface area contributed by atoms with Crippen LogP contribution < -0.4 is 37.6 Å². The number of aromatic nitrogens is 2. The number of unbranched alkanes of at least 4 members (excludes halogenated alkanes) is 8. The molecule has 0 saturated carbocycles. The minimum absolute atomic E-state index is 0.00338. The van der Waals surface area contributed by atoms with Crippen LogP contribution >= 0.6 is 23.4 Å². The molecule has 19 heteroatoms. The fourth-order valence-electron chi connectivity index (χ4n) is 9.19. The molecule has 354 valence electrons. The van der Waals surface area contributed by atoms with E-state index in [1.165, 1.54) is 11.8 Å². The summed E-state index contributed by atoms with van der Waals surface area (Å²) in [5.41, 5.74) is 14.4. The number of amides is 6. The third kappa shape index (κ3) is 11.6. The second-order valence-corrected chi connectivity index (χ2v) is 19.1. The molecule has 17 nitrogen and oxygen atoms in total. The maximum atomic E-state index is 13.3. The van der Waals surface area contributed by atoms with Gasteiger partial charge in [0.1, 0.15) is 16.9 Å². The highest BCUT2D eigenvalue weighted by molar-refractivity contribution is 7.99. The molecule has 3 atom stereocenters. The lowest BCUT2D eigenvalue weighted by molar-refractivity contribution is -0.136. The number of halogens is 1. The summed E-state index contributed by atoms with van der Waals surface area (Å²) in [7, 11) is 0. The molecule has 1 unspecified atom stereocenters. The molecule has 0 radical (unpaired) electrons. The van der Waals surface area contributed by atoms with Crippen LogP contribution in [0, 0.1) is 5.41 Å². The number of hydrogen-bond acceptors (Lipinski definition) is 14. The highest BCUT2D eigenvalue weighted by Crippen LogP contribution is 2.43. The number of anilines is 4. The molecule has 8 N–H and O–H groups in total. The Morgan fingerprint density at radius 1 is 0.909 bits per heavy atom. The van der Waals surface area contributed by atoms with Gasteiger partial charge in [-0.05, 0) is 63.3 Å². The molecule has 5 heterocycles. The molecule has 4 aliphatic heterocycles. The van der Waals surface area contributed by atoms with E-state index in [9.17, 15) is 28.8 Å². The van der Waals surface area contributed by atoms with Crippen molar-refractivity contribution in [1.29, 1.82) is 0 Å². The lowest BCUT2D eigenvalue weighted by atomic mass is 9.73. The predicted molar refractivity (Wildman–Crippen MR) is 253 cm³/mol. The van der Waals surface area contributed by atoms with Gasteiger partial charge in [0.2, 0.25) is 23.6 Å². The van der Waals surface area contributed by atoms with Crippen LogP contribution in [0.15, 0.2) is 52.5 Å². The summed E-state index contributed by atoms with van der Waals surface area (Å²) in [6.07, 6.45) is 13.2.